The third kappa shape index (κ3) is 5.52. The monoisotopic (exact) mass is 328 g/mol. The van der Waals surface area contributed by atoms with E-state index in [0.717, 1.165) is 69.5 Å². The fourth-order valence-corrected chi connectivity index (χ4v) is 4.22. The molecule has 0 aromatic heterocycles. The van der Waals surface area contributed by atoms with Crippen LogP contribution in [-0.2, 0) is 0 Å². The molecule has 0 aromatic carbocycles. The lowest BCUT2D eigenvalue weighted by Crippen LogP contribution is -2.49. The van der Waals surface area contributed by atoms with Crippen molar-refractivity contribution in [2.45, 2.75) is 88.8 Å². The molecule has 0 radical (unpaired) electrons. The summed E-state index contributed by atoms with van der Waals surface area (Å²) in [5.74, 6) is 0. The first-order valence-corrected chi connectivity index (χ1v) is 9.47. The largest absolute Gasteiger partial charge is 0.390 e. The molecule has 0 atom stereocenters. The molecule has 1 saturated carbocycles. The van der Waals surface area contributed by atoms with E-state index in [2.05, 4.69) is 17.9 Å². The molecule has 22 heavy (non-hydrogen) atoms. The van der Waals surface area contributed by atoms with Crippen molar-refractivity contribution in [2.75, 3.05) is 13.1 Å². The van der Waals surface area contributed by atoms with Crippen LogP contribution in [-0.4, -0.2) is 40.8 Å². The minimum Gasteiger partial charge on any atom is -0.390 e. The van der Waals surface area contributed by atoms with E-state index in [-0.39, 0.29) is 0 Å². The van der Waals surface area contributed by atoms with Gasteiger partial charge in [-0.1, -0.05) is 24.6 Å². The Balaban J connectivity index is 1.70. The van der Waals surface area contributed by atoms with Crippen LogP contribution in [0.1, 0.15) is 71.1 Å². The van der Waals surface area contributed by atoms with Gasteiger partial charge in [-0.15, -0.1) is 0 Å². The Kier molecular flexibility index (Phi) is 7.20. The molecule has 3 N–H and O–H groups in total. The summed E-state index contributed by atoms with van der Waals surface area (Å²) in [6.45, 7) is 4.17. The van der Waals surface area contributed by atoms with Crippen LogP contribution in [0.5, 0.6) is 0 Å². The average Bonchev–Trinajstić information content (AvgIpc) is 2.49. The SMILES string of the molecule is CC/C=C(/Cl)CCCC1(O)CCN(C2CCC(N)CC2)CC1. The van der Waals surface area contributed by atoms with Gasteiger partial charge in [0, 0.05) is 30.2 Å². The number of piperidine rings is 1. The van der Waals surface area contributed by atoms with Crippen molar-refractivity contribution in [3.05, 3.63) is 11.1 Å². The van der Waals surface area contributed by atoms with Gasteiger partial charge in [-0.3, -0.25) is 0 Å². The Morgan fingerprint density at radius 3 is 2.50 bits per heavy atom. The van der Waals surface area contributed by atoms with Gasteiger partial charge in [0.1, 0.15) is 0 Å². The minimum atomic E-state index is -0.467. The molecule has 0 amide bonds. The molecule has 3 nitrogen and oxygen atoms in total. The molecule has 0 spiro atoms. The van der Waals surface area contributed by atoms with E-state index in [1.165, 1.54) is 12.8 Å². The van der Waals surface area contributed by atoms with Gasteiger partial charge in [0.15, 0.2) is 0 Å². The zero-order chi connectivity index (χ0) is 16.0. The molecule has 0 aromatic rings. The first-order valence-electron chi connectivity index (χ1n) is 9.09. The predicted octanol–water partition coefficient (Wildman–Crippen LogP) is 3.79. The van der Waals surface area contributed by atoms with Crippen molar-refractivity contribution >= 4 is 11.6 Å². The van der Waals surface area contributed by atoms with Crippen molar-refractivity contribution in [2.24, 2.45) is 5.73 Å². The summed E-state index contributed by atoms with van der Waals surface area (Å²) in [7, 11) is 0. The second-order valence-corrected chi connectivity index (χ2v) is 7.73. The Labute approximate surface area is 140 Å². The normalized spacial score (nSPS) is 30.5. The van der Waals surface area contributed by atoms with Crippen LogP contribution in [0.15, 0.2) is 11.1 Å². The number of hydrogen-bond donors (Lipinski definition) is 2. The number of halogens is 1. The van der Waals surface area contributed by atoms with Crippen molar-refractivity contribution < 1.29 is 5.11 Å². The van der Waals surface area contributed by atoms with Gasteiger partial charge in [0.25, 0.3) is 0 Å². The number of rotatable bonds is 6. The van der Waals surface area contributed by atoms with Crippen LogP contribution in [0, 0.1) is 0 Å². The first kappa shape index (κ1) is 18.3. The van der Waals surface area contributed by atoms with Crippen LogP contribution in [0.25, 0.3) is 0 Å². The lowest BCUT2D eigenvalue weighted by atomic mass is 9.84. The topological polar surface area (TPSA) is 49.5 Å². The van der Waals surface area contributed by atoms with Gasteiger partial charge >= 0.3 is 0 Å². The maximum Gasteiger partial charge on any atom is 0.0672 e. The quantitative estimate of drug-likeness (QED) is 0.780. The maximum atomic E-state index is 10.8. The molecule has 1 saturated heterocycles. The van der Waals surface area contributed by atoms with Gasteiger partial charge in [-0.2, -0.15) is 0 Å². The van der Waals surface area contributed by atoms with Crippen molar-refractivity contribution in [1.29, 1.82) is 0 Å². The molecular weight excluding hydrogens is 296 g/mol. The summed E-state index contributed by atoms with van der Waals surface area (Å²) in [6.07, 6.45) is 12.4. The standard InChI is InChI=1S/C18H33ClN2O/c1-2-4-15(19)5-3-10-18(22)11-13-21(14-12-18)17-8-6-16(20)7-9-17/h4,16-17,22H,2-3,5-14,20H2,1H3/b15-4+. The van der Waals surface area contributed by atoms with Gasteiger partial charge in [-0.25, -0.2) is 0 Å². The second-order valence-electron chi connectivity index (χ2n) is 7.24. The van der Waals surface area contributed by atoms with Crippen LogP contribution < -0.4 is 5.73 Å². The van der Waals surface area contributed by atoms with Crippen LogP contribution in [0.4, 0.5) is 0 Å². The lowest BCUT2D eigenvalue weighted by Gasteiger charge is -2.43. The minimum absolute atomic E-state index is 0.416. The number of aliphatic hydroxyl groups is 1. The fourth-order valence-electron chi connectivity index (χ4n) is 3.93. The summed E-state index contributed by atoms with van der Waals surface area (Å²) < 4.78 is 0. The Morgan fingerprint density at radius 2 is 1.91 bits per heavy atom. The highest BCUT2D eigenvalue weighted by atomic mass is 35.5. The molecule has 128 valence electrons. The Hall–Kier alpha value is -0.0900. The van der Waals surface area contributed by atoms with Gasteiger partial charge in [0.05, 0.1) is 5.60 Å². The van der Waals surface area contributed by atoms with Crippen LogP contribution >= 0.6 is 11.6 Å². The summed E-state index contributed by atoms with van der Waals surface area (Å²) in [4.78, 5) is 2.59. The smallest absolute Gasteiger partial charge is 0.0672 e. The molecular formula is C18H33ClN2O. The van der Waals surface area contributed by atoms with Crippen molar-refractivity contribution in [3.8, 4) is 0 Å². The fraction of sp³-hybridized carbons (Fsp3) is 0.889. The summed E-state index contributed by atoms with van der Waals surface area (Å²) in [5.41, 5.74) is 5.53. The highest BCUT2D eigenvalue weighted by molar-refractivity contribution is 6.29. The molecule has 1 aliphatic carbocycles. The molecule has 2 aliphatic rings. The molecule has 1 aliphatic heterocycles. The molecule has 0 bridgehead atoms. The van der Waals surface area contributed by atoms with Crippen molar-refractivity contribution in [1.82, 2.24) is 4.90 Å². The van der Waals surface area contributed by atoms with Crippen molar-refractivity contribution in [3.63, 3.8) is 0 Å². The third-order valence-corrected chi connectivity index (χ3v) is 5.81. The molecule has 2 rings (SSSR count). The highest BCUT2D eigenvalue weighted by Crippen LogP contribution is 2.32. The maximum absolute atomic E-state index is 10.8. The number of hydrogen-bond acceptors (Lipinski definition) is 3. The zero-order valence-corrected chi connectivity index (χ0v) is 14.8. The second kappa shape index (κ2) is 8.68. The first-order chi connectivity index (χ1) is 10.5. The number of allylic oxidation sites excluding steroid dienone is 2. The zero-order valence-electron chi connectivity index (χ0n) is 14.1. The lowest BCUT2D eigenvalue weighted by molar-refractivity contribution is -0.0416. The molecule has 0 unspecified atom stereocenters. The Morgan fingerprint density at radius 1 is 1.27 bits per heavy atom. The van der Waals surface area contributed by atoms with E-state index in [1.54, 1.807) is 0 Å². The summed E-state index contributed by atoms with van der Waals surface area (Å²) in [5, 5.41) is 11.7. The summed E-state index contributed by atoms with van der Waals surface area (Å²) >= 11 is 6.14. The van der Waals surface area contributed by atoms with Gasteiger partial charge in [-0.05, 0) is 64.2 Å². The highest BCUT2D eigenvalue weighted by Gasteiger charge is 2.34. The number of nitrogens with two attached hydrogens (primary N) is 1. The van der Waals surface area contributed by atoms with E-state index in [9.17, 15) is 5.11 Å². The van der Waals surface area contributed by atoms with Crippen LogP contribution in [0.3, 0.4) is 0 Å². The van der Waals surface area contributed by atoms with Crippen LogP contribution in [0.2, 0.25) is 0 Å². The predicted molar refractivity (Wildman–Crippen MR) is 94.1 cm³/mol. The van der Waals surface area contributed by atoms with E-state index < -0.39 is 5.60 Å². The number of nitrogens with zero attached hydrogens (tertiary/aromatic N) is 1. The molecule has 4 heteroatoms. The number of likely N-dealkylation sites (tertiary alicyclic amines) is 1. The Bertz CT molecular complexity index is 356. The van der Waals surface area contributed by atoms with E-state index >= 15 is 0 Å². The van der Waals surface area contributed by atoms with Gasteiger partial charge < -0.3 is 15.7 Å². The molecule has 1 heterocycles. The molecule has 2 fully saturated rings. The van der Waals surface area contributed by atoms with E-state index in [0.29, 0.717) is 12.1 Å². The van der Waals surface area contributed by atoms with E-state index in [4.69, 9.17) is 17.3 Å². The van der Waals surface area contributed by atoms with Gasteiger partial charge in [0.2, 0.25) is 0 Å². The third-order valence-electron chi connectivity index (χ3n) is 5.47. The summed E-state index contributed by atoms with van der Waals surface area (Å²) in [6, 6.07) is 1.12. The average molecular weight is 329 g/mol. The van der Waals surface area contributed by atoms with E-state index in [1.807, 2.05) is 0 Å².